The first-order valence-corrected chi connectivity index (χ1v) is 8.89. The number of thioether (sulfide) groups is 1. The Morgan fingerprint density at radius 3 is 2.65 bits per heavy atom. The van der Waals surface area contributed by atoms with E-state index in [9.17, 15) is 4.79 Å². The molecule has 3 aromatic rings. The summed E-state index contributed by atoms with van der Waals surface area (Å²) in [7, 11) is 0. The lowest BCUT2D eigenvalue weighted by Crippen LogP contribution is -2.04. The lowest BCUT2D eigenvalue weighted by molar-refractivity contribution is 0.0556. The van der Waals surface area contributed by atoms with Crippen LogP contribution in [0.5, 0.6) is 0 Å². The number of hydrogen-bond donors (Lipinski definition) is 0. The minimum Gasteiger partial charge on any atom is -0.449 e. The third kappa shape index (κ3) is 4.71. The number of aryl methyl sites for hydroxylation is 1. The molecule has 0 amide bonds. The number of ether oxygens (including phenoxy) is 1. The second-order valence-corrected chi connectivity index (χ2v) is 6.24. The first-order chi connectivity index (χ1) is 12.7. The van der Waals surface area contributed by atoms with Crippen molar-refractivity contribution in [3.05, 3.63) is 65.7 Å². The first kappa shape index (κ1) is 17.7. The van der Waals surface area contributed by atoms with E-state index in [0.29, 0.717) is 16.5 Å². The highest BCUT2D eigenvalue weighted by molar-refractivity contribution is 7.99. The predicted octanol–water partition coefficient (Wildman–Crippen LogP) is 2.92. The van der Waals surface area contributed by atoms with Gasteiger partial charge in [-0.1, -0.05) is 59.5 Å². The van der Waals surface area contributed by atoms with Crippen LogP contribution in [0.25, 0.3) is 5.69 Å². The van der Waals surface area contributed by atoms with Gasteiger partial charge < -0.3 is 4.74 Å². The maximum Gasteiger partial charge on any atom is 0.339 e. The lowest BCUT2D eigenvalue weighted by atomic mass is 10.2. The van der Waals surface area contributed by atoms with E-state index in [1.54, 1.807) is 28.9 Å². The van der Waals surface area contributed by atoms with Gasteiger partial charge >= 0.3 is 5.97 Å². The molecule has 7 heteroatoms. The van der Waals surface area contributed by atoms with Crippen molar-refractivity contribution in [3.8, 4) is 17.5 Å². The molecule has 0 fully saturated rings. The van der Waals surface area contributed by atoms with Gasteiger partial charge in [-0.05, 0) is 41.6 Å². The summed E-state index contributed by atoms with van der Waals surface area (Å²) in [5.74, 6) is 5.88. The van der Waals surface area contributed by atoms with Crippen LogP contribution in [-0.2, 0) is 4.74 Å². The third-order valence-corrected chi connectivity index (χ3v) is 4.20. The van der Waals surface area contributed by atoms with Crippen LogP contribution in [0.15, 0.2) is 59.8 Å². The Morgan fingerprint density at radius 2 is 1.88 bits per heavy atom. The minimum absolute atomic E-state index is 0.0528. The van der Waals surface area contributed by atoms with Gasteiger partial charge in [-0.3, -0.25) is 0 Å². The fourth-order valence-electron chi connectivity index (χ4n) is 2.08. The van der Waals surface area contributed by atoms with Crippen molar-refractivity contribution in [3.63, 3.8) is 0 Å². The molecule has 26 heavy (non-hydrogen) atoms. The van der Waals surface area contributed by atoms with Crippen LogP contribution in [0, 0.1) is 18.8 Å². The molecule has 1 aromatic heterocycles. The molecule has 6 nitrogen and oxygen atoms in total. The molecule has 2 aromatic carbocycles. The quantitative estimate of drug-likeness (QED) is 0.394. The Kier molecular flexibility index (Phi) is 6.01. The number of nitrogens with zero attached hydrogens (tertiary/aromatic N) is 4. The monoisotopic (exact) mass is 364 g/mol. The second kappa shape index (κ2) is 8.83. The molecule has 0 bridgehead atoms. The average Bonchev–Trinajstić information content (AvgIpc) is 3.14. The Morgan fingerprint density at radius 1 is 1.12 bits per heavy atom. The zero-order valence-electron chi connectivity index (χ0n) is 14.1. The van der Waals surface area contributed by atoms with Gasteiger partial charge in [-0.2, -0.15) is 4.68 Å². The van der Waals surface area contributed by atoms with Crippen molar-refractivity contribution in [1.82, 2.24) is 20.2 Å². The van der Waals surface area contributed by atoms with Crippen LogP contribution in [-0.4, -0.2) is 38.5 Å². The Bertz CT molecular complexity index is 927. The number of rotatable bonds is 5. The van der Waals surface area contributed by atoms with Crippen LogP contribution < -0.4 is 0 Å². The molecule has 0 N–H and O–H groups in total. The van der Waals surface area contributed by atoms with Crippen LogP contribution in [0.1, 0.15) is 15.9 Å². The van der Waals surface area contributed by atoms with Gasteiger partial charge in [0, 0.05) is 0 Å². The van der Waals surface area contributed by atoms with E-state index in [1.807, 2.05) is 37.3 Å². The SMILES string of the molecule is Cc1ccc(-n2nnnc2SCC#CCOC(=O)c2ccccc2)cc1. The molecule has 0 aliphatic heterocycles. The van der Waals surface area contributed by atoms with Crippen molar-refractivity contribution in [2.45, 2.75) is 12.1 Å². The molecule has 1 heterocycles. The second-order valence-electron chi connectivity index (χ2n) is 5.29. The number of esters is 1. The fourth-order valence-corrected chi connectivity index (χ4v) is 2.74. The summed E-state index contributed by atoms with van der Waals surface area (Å²) in [6, 6.07) is 16.8. The van der Waals surface area contributed by atoms with Crippen molar-refractivity contribution in [2.75, 3.05) is 12.4 Å². The minimum atomic E-state index is -0.379. The number of carbonyl (C=O) groups excluding carboxylic acids is 1. The van der Waals surface area contributed by atoms with E-state index in [1.165, 1.54) is 17.3 Å². The van der Waals surface area contributed by atoms with Gasteiger partial charge in [-0.15, -0.1) is 5.10 Å². The summed E-state index contributed by atoms with van der Waals surface area (Å²) in [4.78, 5) is 11.8. The molecule has 0 aliphatic rings. The molecule has 0 atom stereocenters. The van der Waals surface area contributed by atoms with Gasteiger partial charge in [0.05, 0.1) is 17.0 Å². The highest BCUT2D eigenvalue weighted by Gasteiger charge is 2.08. The molecule has 3 rings (SSSR count). The fraction of sp³-hybridized carbons (Fsp3) is 0.158. The van der Waals surface area contributed by atoms with Crippen molar-refractivity contribution < 1.29 is 9.53 Å². The average molecular weight is 364 g/mol. The topological polar surface area (TPSA) is 69.9 Å². The summed E-state index contributed by atoms with van der Waals surface area (Å²) in [6.45, 7) is 2.08. The summed E-state index contributed by atoms with van der Waals surface area (Å²) in [5.41, 5.74) is 2.58. The molecule has 0 radical (unpaired) electrons. The maximum atomic E-state index is 11.8. The molecular weight excluding hydrogens is 348 g/mol. The molecule has 0 aliphatic carbocycles. The summed E-state index contributed by atoms with van der Waals surface area (Å²) >= 11 is 1.42. The molecule has 130 valence electrons. The van der Waals surface area contributed by atoms with Crippen LogP contribution in [0.2, 0.25) is 0 Å². The molecular formula is C19H16N4O2S. The third-order valence-electron chi connectivity index (χ3n) is 3.40. The van der Waals surface area contributed by atoms with Gasteiger partial charge in [0.1, 0.15) is 0 Å². The summed E-state index contributed by atoms with van der Waals surface area (Å²) < 4.78 is 6.77. The normalized spacial score (nSPS) is 10.0. The number of carbonyl (C=O) groups is 1. The number of aromatic nitrogens is 4. The largest absolute Gasteiger partial charge is 0.449 e. The Balaban J connectivity index is 1.49. The smallest absolute Gasteiger partial charge is 0.339 e. The maximum absolute atomic E-state index is 11.8. The van der Waals surface area contributed by atoms with Crippen molar-refractivity contribution >= 4 is 17.7 Å². The standard InChI is InChI=1S/C19H16N4O2S/c1-15-9-11-17(12-10-15)23-19(20-21-22-23)26-14-6-5-13-25-18(24)16-7-3-2-4-8-16/h2-4,7-12H,13-14H2,1H3. The van der Waals surface area contributed by atoms with Gasteiger partial charge in [0.25, 0.3) is 0 Å². The molecule has 0 saturated heterocycles. The first-order valence-electron chi connectivity index (χ1n) is 7.90. The van der Waals surface area contributed by atoms with Gasteiger partial charge in [-0.25, -0.2) is 4.79 Å². The van der Waals surface area contributed by atoms with Crippen LogP contribution in [0.4, 0.5) is 0 Å². The van der Waals surface area contributed by atoms with Crippen molar-refractivity contribution in [1.29, 1.82) is 0 Å². The van der Waals surface area contributed by atoms with E-state index in [0.717, 1.165) is 5.69 Å². The van der Waals surface area contributed by atoms with Gasteiger partial charge in [0.2, 0.25) is 5.16 Å². The molecule has 0 unspecified atom stereocenters. The van der Waals surface area contributed by atoms with Crippen LogP contribution >= 0.6 is 11.8 Å². The van der Waals surface area contributed by atoms with E-state index in [4.69, 9.17) is 4.74 Å². The van der Waals surface area contributed by atoms with Crippen LogP contribution in [0.3, 0.4) is 0 Å². The van der Waals surface area contributed by atoms with E-state index in [2.05, 4.69) is 27.4 Å². The molecule has 0 saturated carbocycles. The number of hydrogen-bond acceptors (Lipinski definition) is 6. The summed E-state index contributed by atoms with van der Waals surface area (Å²) in [5, 5.41) is 12.4. The summed E-state index contributed by atoms with van der Waals surface area (Å²) in [6.07, 6.45) is 0. The highest BCUT2D eigenvalue weighted by Crippen LogP contribution is 2.17. The van der Waals surface area contributed by atoms with E-state index < -0.39 is 0 Å². The predicted molar refractivity (Wildman–Crippen MR) is 99.1 cm³/mol. The Hall–Kier alpha value is -3.11. The number of tetrazole rings is 1. The van der Waals surface area contributed by atoms with E-state index in [-0.39, 0.29) is 12.6 Å². The van der Waals surface area contributed by atoms with E-state index >= 15 is 0 Å². The van der Waals surface area contributed by atoms with Crippen molar-refractivity contribution in [2.24, 2.45) is 0 Å². The number of benzene rings is 2. The van der Waals surface area contributed by atoms with Gasteiger partial charge in [0.15, 0.2) is 6.61 Å². The zero-order chi connectivity index (χ0) is 18.2. The lowest BCUT2D eigenvalue weighted by Gasteiger charge is -2.03. The highest BCUT2D eigenvalue weighted by atomic mass is 32.2. The zero-order valence-corrected chi connectivity index (χ0v) is 14.9. The molecule has 0 spiro atoms. The Labute approximate surface area is 155 Å².